The van der Waals surface area contributed by atoms with E-state index in [1.54, 1.807) is 6.92 Å². The number of hydrogen-bond donors (Lipinski definition) is 1. The van der Waals surface area contributed by atoms with Crippen molar-refractivity contribution in [1.82, 2.24) is 0 Å². The van der Waals surface area contributed by atoms with E-state index in [2.05, 4.69) is 0 Å². The first-order valence-corrected chi connectivity index (χ1v) is 5.78. The Balaban J connectivity index is 2.51. The first kappa shape index (κ1) is 13.8. The van der Waals surface area contributed by atoms with Crippen molar-refractivity contribution < 1.29 is 33.6 Å². The summed E-state index contributed by atoms with van der Waals surface area (Å²) in [7, 11) is 2.54. The third kappa shape index (κ3) is 1.81. The molecule has 0 aromatic heterocycles. The summed E-state index contributed by atoms with van der Waals surface area (Å²) in [5, 5.41) is 10.2. The lowest BCUT2D eigenvalue weighted by Crippen LogP contribution is -2.44. The largest absolute Gasteiger partial charge is 0.494 e. The van der Waals surface area contributed by atoms with Crippen LogP contribution in [-0.4, -0.2) is 42.8 Å². The van der Waals surface area contributed by atoms with Crippen LogP contribution in [0.5, 0.6) is 0 Å². The SMILES string of the molecule is COC(=O)[C@H]1[C@H](C)[C@](C)(O)O[C@]12OC(=O)C=C2OC. The Hall–Kier alpha value is -1.60. The normalized spacial score (nSPS) is 41.1. The molecule has 0 aliphatic carbocycles. The van der Waals surface area contributed by atoms with Gasteiger partial charge in [-0.3, -0.25) is 4.79 Å². The molecule has 2 aliphatic heterocycles. The summed E-state index contributed by atoms with van der Waals surface area (Å²) in [4.78, 5) is 23.4. The monoisotopic (exact) mass is 272 g/mol. The maximum atomic E-state index is 12.0. The summed E-state index contributed by atoms with van der Waals surface area (Å²) in [6.07, 6.45) is 1.09. The highest BCUT2D eigenvalue weighted by Crippen LogP contribution is 2.52. The fourth-order valence-corrected chi connectivity index (χ4v) is 2.51. The van der Waals surface area contributed by atoms with Crippen LogP contribution in [0.25, 0.3) is 0 Å². The molecule has 7 nitrogen and oxygen atoms in total. The number of esters is 2. The highest BCUT2D eigenvalue weighted by atomic mass is 16.8. The van der Waals surface area contributed by atoms with E-state index >= 15 is 0 Å². The standard InChI is InChI=1S/C12H16O7/c1-6-9(10(14)17-4)12(19-11(6,2)15)7(16-3)5-8(13)18-12/h5-6,9,15H,1-4H3/t6-,9+,11+,12-/m0/s1. The lowest BCUT2D eigenvalue weighted by Gasteiger charge is -2.29. The van der Waals surface area contributed by atoms with Crippen molar-refractivity contribution in [3.8, 4) is 0 Å². The molecular formula is C12H16O7. The van der Waals surface area contributed by atoms with E-state index < -0.39 is 35.3 Å². The van der Waals surface area contributed by atoms with Gasteiger partial charge < -0.3 is 24.1 Å². The molecular weight excluding hydrogens is 256 g/mol. The lowest BCUT2D eigenvalue weighted by molar-refractivity contribution is -0.286. The molecule has 4 atom stereocenters. The molecule has 0 amide bonds. The van der Waals surface area contributed by atoms with Gasteiger partial charge >= 0.3 is 11.9 Å². The van der Waals surface area contributed by atoms with Crippen molar-refractivity contribution in [2.24, 2.45) is 11.8 Å². The van der Waals surface area contributed by atoms with Crippen LogP contribution in [0.15, 0.2) is 11.8 Å². The van der Waals surface area contributed by atoms with E-state index in [-0.39, 0.29) is 5.76 Å². The van der Waals surface area contributed by atoms with Crippen molar-refractivity contribution in [2.75, 3.05) is 14.2 Å². The summed E-state index contributed by atoms with van der Waals surface area (Å²) in [5.74, 6) is -6.38. The van der Waals surface area contributed by atoms with Crippen molar-refractivity contribution in [3.05, 3.63) is 11.8 Å². The van der Waals surface area contributed by atoms with Crippen LogP contribution in [0.4, 0.5) is 0 Å². The van der Waals surface area contributed by atoms with Crippen LogP contribution >= 0.6 is 0 Å². The van der Waals surface area contributed by atoms with Gasteiger partial charge in [0.15, 0.2) is 11.5 Å². The predicted molar refractivity (Wildman–Crippen MR) is 60.3 cm³/mol. The van der Waals surface area contributed by atoms with Crippen molar-refractivity contribution >= 4 is 11.9 Å². The Kier molecular flexibility index (Phi) is 3.06. The van der Waals surface area contributed by atoms with E-state index in [1.807, 2.05) is 0 Å². The molecule has 0 radical (unpaired) electrons. The van der Waals surface area contributed by atoms with Crippen LogP contribution in [0.1, 0.15) is 13.8 Å². The Labute approximate surface area is 110 Å². The summed E-state index contributed by atoms with van der Waals surface area (Å²) >= 11 is 0. The Morgan fingerprint density at radius 3 is 2.63 bits per heavy atom. The lowest BCUT2D eigenvalue weighted by atomic mass is 9.85. The number of hydrogen-bond acceptors (Lipinski definition) is 7. The van der Waals surface area contributed by atoms with E-state index in [4.69, 9.17) is 18.9 Å². The summed E-state index contributed by atoms with van der Waals surface area (Å²) in [5.41, 5.74) is 0. The topological polar surface area (TPSA) is 91.3 Å². The summed E-state index contributed by atoms with van der Waals surface area (Å²) < 4.78 is 20.3. The zero-order valence-electron chi connectivity index (χ0n) is 11.1. The Morgan fingerprint density at radius 2 is 2.11 bits per heavy atom. The number of rotatable bonds is 2. The maximum absolute atomic E-state index is 12.0. The smallest absolute Gasteiger partial charge is 0.337 e. The summed E-state index contributed by atoms with van der Waals surface area (Å²) in [6, 6.07) is 0. The van der Waals surface area contributed by atoms with Crippen LogP contribution in [-0.2, 0) is 28.5 Å². The molecule has 1 spiro atoms. The van der Waals surface area contributed by atoms with E-state index in [0.29, 0.717) is 0 Å². The van der Waals surface area contributed by atoms with Crippen LogP contribution in [0.3, 0.4) is 0 Å². The van der Waals surface area contributed by atoms with Gasteiger partial charge in [-0.15, -0.1) is 0 Å². The quantitative estimate of drug-likeness (QED) is 0.704. The second kappa shape index (κ2) is 4.21. The molecule has 1 N–H and O–H groups in total. The molecule has 0 aromatic carbocycles. The molecule has 106 valence electrons. The van der Waals surface area contributed by atoms with Gasteiger partial charge in [0, 0.05) is 5.92 Å². The summed E-state index contributed by atoms with van der Waals surface area (Å²) in [6.45, 7) is 3.00. The van der Waals surface area contributed by atoms with E-state index in [1.165, 1.54) is 21.1 Å². The first-order chi connectivity index (χ1) is 8.78. The van der Waals surface area contributed by atoms with Gasteiger partial charge in [0.25, 0.3) is 5.79 Å². The molecule has 0 bridgehead atoms. The third-order valence-corrected chi connectivity index (χ3v) is 3.63. The molecule has 1 fully saturated rings. The molecule has 7 heteroatoms. The molecule has 0 aromatic rings. The molecule has 1 saturated heterocycles. The fourth-order valence-electron chi connectivity index (χ4n) is 2.51. The molecule has 2 rings (SSSR count). The van der Waals surface area contributed by atoms with Crippen molar-refractivity contribution in [2.45, 2.75) is 25.4 Å². The minimum atomic E-state index is -1.76. The van der Waals surface area contributed by atoms with Gasteiger partial charge in [-0.1, -0.05) is 6.92 Å². The average Bonchev–Trinajstić information content (AvgIpc) is 2.73. The number of carbonyl (C=O) groups excluding carboxylic acids is 2. The number of methoxy groups -OCH3 is 2. The van der Waals surface area contributed by atoms with Gasteiger partial charge in [-0.05, 0) is 6.92 Å². The molecule has 19 heavy (non-hydrogen) atoms. The van der Waals surface area contributed by atoms with Crippen LogP contribution in [0.2, 0.25) is 0 Å². The third-order valence-electron chi connectivity index (χ3n) is 3.63. The van der Waals surface area contributed by atoms with Gasteiger partial charge in [0.1, 0.15) is 5.92 Å². The van der Waals surface area contributed by atoms with Gasteiger partial charge in [-0.2, -0.15) is 0 Å². The minimum Gasteiger partial charge on any atom is -0.494 e. The molecule has 0 unspecified atom stereocenters. The molecule has 2 heterocycles. The highest BCUT2D eigenvalue weighted by molar-refractivity contribution is 5.88. The van der Waals surface area contributed by atoms with Gasteiger partial charge in [0.2, 0.25) is 0 Å². The van der Waals surface area contributed by atoms with Crippen LogP contribution in [0, 0.1) is 11.8 Å². The minimum absolute atomic E-state index is 0.0394. The number of ether oxygens (including phenoxy) is 4. The molecule has 2 aliphatic rings. The Bertz CT molecular complexity index is 453. The van der Waals surface area contributed by atoms with Gasteiger partial charge in [0.05, 0.1) is 20.3 Å². The number of aliphatic hydroxyl groups is 1. The van der Waals surface area contributed by atoms with Crippen molar-refractivity contribution in [1.29, 1.82) is 0 Å². The second-order valence-corrected chi connectivity index (χ2v) is 4.75. The zero-order valence-corrected chi connectivity index (χ0v) is 11.1. The van der Waals surface area contributed by atoms with Gasteiger partial charge in [-0.25, -0.2) is 4.79 Å². The molecule has 0 saturated carbocycles. The van der Waals surface area contributed by atoms with E-state index in [0.717, 1.165) is 6.08 Å². The van der Waals surface area contributed by atoms with E-state index in [9.17, 15) is 14.7 Å². The first-order valence-electron chi connectivity index (χ1n) is 5.78. The predicted octanol–water partition coefficient (Wildman–Crippen LogP) is -0.0662. The maximum Gasteiger partial charge on any atom is 0.337 e. The van der Waals surface area contributed by atoms with Crippen LogP contribution < -0.4 is 0 Å². The number of carbonyl (C=O) groups is 2. The zero-order chi connectivity index (χ0) is 14.4. The highest BCUT2D eigenvalue weighted by Gasteiger charge is 2.69. The van der Waals surface area contributed by atoms with Crippen molar-refractivity contribution in [3.63, 3.8) is 0 Å². The average molecular weight is 272 g/mol. The Morgan fingerprint density at radius 1 is 1.47 bits per heavy atom. The second-order valence-electron chi connectivity index (χ2n) is 4.75. The fraction of sp³-hybridized carbons (Fsp3) is 0.667.